The van der Waals surface area contributed by atoms with Gasteiger partial charge in [0.15, 0.2) is 0 Å². The lowest BCUT2D eigenvalue weighted by Gasteiger charge is -2.09. The minimum Gasteiger partial charge on any atom is -0.0654 e. The lowest BCUT2D eigenvalue weighted by Crippen LogP contribution is -1.95. The Balaban J connectivity index is 2.21. The first kappa shape index (κ1) is 17.3. The maximum absolute atomic E-state index is 3.48. The molecule has 0 spiro atoms. The van der Waals surface area contributed by atoms with E-state index < -0.39 is 0 Å². The summed E-state index contributed by atoms with van der Waals surface area (Å²) in [6.07, 6.45) is 16.2. The fraction of sp³-hybridized carbons (Fsp3) is 0.700. The molecule has 1 aromatic rings. The summed E-state index contributed by atoms with van der Waals surface area (Å²) >= 11 is 0. The Morgan fingerprint density at radius 1 is 0.750 bits per heavy atom. The molecule has 1 aromatic carbocycles. The molecule has 0 aliphatic heterocycles. The zero-order valence-corrected chi connectivity index (χ0v) is 13.7. The van der Waals surface area contributed by atoms with Gasteiger partial charge in [0.05, 0.1) is 0 Å². The molecule has 1 radical (unpaired) electrons. The van der Waals surface area contributed by atoms with E-state index in [1.54, 1.807) is 5.56 Å². The quantitative estimate of drug-likeness (QED) is 0.381. The van der Waals surface area contributed by atoms with Crippen molar-refractivity contribution in [2.24, 2.45) is 0 Å². The zero-order chi connectivity index (χ0) is 14.5. The Labute approximate surface area is 127 Å². The highest BCUT2D eigenvalue weighted by Crippen LogP contribution is 2.16. The lowest BCUT2D eigenvalue weighted by molar-refractivity contribution is 0.588. The van der Waals surface area contributed by atoms with Crippen molar-refractivity contribution in [3.8, 4) is 0 Å². The van der Waals surface area contributed by atoms with Gasteiger partial charge in [0.2, 0.25) is 0 Å². The van der Waals surface area contributed by atoms with Gasteiger partial charge in [-0.05, 0) is 42.9 Å². The average molecular weight is 273 g/mol. The molecule has 0 atom stereocenters. The lowest BCUT2D eigenvalue weighted by atomic mass is 9.97. The highest BCUT2D eigenvalue weighted by atomic mass is 14.1. The van der Waals surface area contributed by atoms with E-state index in [0.717, 1.165) is 0 Å². The van der Waals surface area contributed by atoms with Gasteiger partial charge in [-0.15, -0.1) is 0 Å². The molecule has 0 N–H and O–H groups in total. The normalized spacial score (nSPS) is 10.9. The van der Waals surface area contributed by atoms with E-state index in [1.165, 1.54) is 82.6 Å². The zero-order valence-electron chi connectivity index (χ0n) is 13.7. The molecule has 113 valence electrons. The maximum Gasteiger partial charge on any atom is -0.0146 e. The molecule has 1 rings (SSSR count). The average Bonchev–Trinajstić information content (AvgIpc) is 2.48. The van der Waals surface area contributed by atoms with Crippen LogP contribution in [0.25, 0.3) is 0 Å². The van der Waals surface area contributed by atoms with Gasteiger partial charge in [0, 0.05) is 0 Å². The van der Waals surface area contributed by atoms with Gasteiger partial charge in [0.25, 0.3) is 0 Å². The molecule has 0 aliphatic rings. The van der Waals surface area contributed by atoms with Gasteiger partial charge in [-0.25, -0.2) is 0 Å². The first-order valence-electron chi connectivity index (χ1n) is 8.87. The topological polar surface area (TPSA) is 0 Å². The molecule has 20 heavy (non-hydrogen) atoms. The summed E-state index contributed by atoms with van der Waals surface area (Å²) in [4.78, 5) is 0. The number of hydrogen-bond acceptors (Lipinski definition) is 0. The Hall–Kier alpha value is -0.780. The third-order valence-corrected chi connectivity index (χ3v) is 4.12. The largest absolute Gasteiger partial charge is 0.0654 e. The third kappa shape index (κ3) is 7.72. The van der Waals surface area contributed by atoms with Crippen LogP contribution in [-0.2, 0) is 12.8 Å². The fourth-order valence-electron chi connectivity index (χ4n) is 2.80. The number of unbranched alkanes of at least 4 members (excludes halogenated alkanes) is 8. The molecule has 0 heteroatoms. The van der Waals surface area contributed by atoms with Gasteiger partial charge < -0.3 is 0 Å². The SMILES string of the molecule is CCCCCCCCCc1[c]cccc1CCCCC. The van der Waals surface area contributed by atoms with E-state index in [0.29, 0.717) is 0 Å². The summed E-state index contributed by atoms with van der Waals surface area (Å²) in [5, 5.41) is 0. The monoisotopic (exact) mass is 273 g/mol. The van der Waals surface area contributed by atoms with Crippen LogP contribution in [0.15, 0.2) is 18.2 Å². The van der Waals surface area contributed by atoms with Crippen LogP contribution < -0.4 is 0 Å². The number of aryl methyl sites for hydroxylation is 2. The van der Waals surface area contributed by atoms with Gasteiger partial charge in [-0.2, -0.15) is 0 Å². The molecule has 0 fully saturated rings. The summed E-state index contributed by atoms with van der Waals surface area (Å²) in [7, 11) is 0. The molecule has 0 amide bonds. The highest BCUT2D eigenvalue weighted by Gasteiger charge is 2.02. The second-order valence-corrected chi connectivity index (χ2v) is 6.00. The Kier molecular flexibility index (Phi) is 10.4. The maximum atomic E-state index is 3.48. The van der Waals surface area contributed by atoms with Gasteiger partial charge >= 0.3 is 0 Å². The summed E-state index contributed by atoms with van der Waals surface area (Å²) in [6.45, 7) is 4.56. The smallest absolute Gasteiger partial charge is 0.0146 e. The minimum atomic E-state index is 1.23. The Morgan fingerprint density at radius 2 is 1.35 bits per heavy atom. The van der Waals surface area contributed by atoms with Crippen LogP contribution in [-0.4, -0.2) is 0 Å². The molecular formula is C20H33. The number of rotatable bonds is 12. The van der Waals surface area contributed by atoms with E-state index in [2.05, 4.69) is 38.1 Å². The standard InChI is InChI=1S/C20H33/c1-3-5-7-8-9-10-12-16-20-18-14-13-17-19(20)15-11-6-4-2/h13-14,17H,3-12,15-16H2,1-2H3. The van der Waals surface area contributed by atoms with Crippen LogP contribution in [0, 0.1) is 6.07 Å². The molecular weight excluding hydrogens is 240 g/mol. The molecule has 0 aliphatic carbocycles. The molecule has 0 bridgehead atoms. The van der Waals surface area contributed by atoms with Crippen LogP contribution in [0.4, 0.5) is 0 Å². The van der Waals surface area contributed by atoms with Crippen molar-refractivity contribution in [1.29, 1.82) is 0 Å². The van der Waals surface area contributed by atoms with Crippen LogP contribution in [0.1, 0.15) is 89.2 Å². The first-order chi connectivity index (χ1) is 9.88. The first-order valence-corrected chi connectivity index (χ1v) is 8.87. The highest BCUT2D eigenvalue weighted by molar-refractivity contribution is 5.26. The van der Waals surface area contributed by atoms with Crippen molar-refractivity contribution in [2.45, 2.75) is 90.9 Å². The molecule has 0 saturated heterocycles. The number of hydrogen-bond donors (Lipinski definition) is 0. The van der Waals surface area contributed by atoms with Crippen molar-refractivity contribution < 1.29 is 0 Å². The van der Waals surface area contributed by atoms with Crippen LogP contribution in [0.3, 0.4) is 0 Å². The van der Waals surface area contributed by atoms with Crippen molar-refractivity contribution in [3.05, 3.63) is 35.4 Å². The number of benzene rings is 1. The van der Waals surface area contributed by atoms with E-state index >= 15 is 0 Å². The van der Waals surface area contributed by atoms with Crippen LogP contribution >= 0.6 is 0 Å². The van der Waals surface area contributed by atoms with Crippen molar-refractivity contribution in [3.63, 3.8) is 0 Å². The molecule has 0 saturated carbocycles. The summed E-state index contributed by atoms with van der Waals surface area (Å²) < 4.78 is 0. The molecule has 0 unspecified atom stereocenters. The van der Waals surface area contributed by atoms with E-state index in [9.17, 15) is 0 Å². The van der Waals surface area contributed by atoms with E-state index in [4.69, 9.17) is 0 Å². The second kappa shape index (κ2) is 12.0. The minimum absolute atomic E-state index is 1.23. The third-order valence-electron chi connectivity index (χ3n) is 4.12. The summed E-state index contributed by atoms with van der Waals surface area (Å²) in [5.74, 6) is 0. The Bertz CT molecular complexity index is 327. The second-order valence-electron chi connectivity index (χ2n) is 6.00. The van der Waals surface area contributed by atoms with Crippen molar-refractivity contribution in [2.75, 3.05) is 0 Å². The molecule has 0 nitrogen and oxygen atoms in total. The fourth-order valence-corrected chi connectivity index (χ4v) is 2.80. The van der Waals surface area contributed by atoms with Crippen molar-refractivity contribution in [1.82, 2.24) is 0 Å². The van der Waals surface area contributed by atoms with E-state index in [1.807, 2.05) is 0 Å². The van der Waals surface area contributed by atoms with Gasteiger partial charge in [0.1, 0.15) is 0 Å². The molecule has 0 aromatic heterocycles. The Morgan fingerprint density at radius 3 is 2.10 bits per heavy atom. The molecule has 0 heterocycles. The summed E-state index contributed by atoms with van der Waals surface area (Å²) in [6, 6.07) is 10.0. The van der Waals surface area contributed by atoms with Gasteiger partial charge in [-0.3, -0.25) is 0 Å². The predicted molar refractivity (Wildman–Crippen MR) is 90.2 cm³/mol. The predicted octanol–water partition coefficient (Wildman–Crippen LogP) is 6.51. The van der Waals surface area contributed by atoms with Crippen LogP contribution in [0.2, 0.25) is 0 Å². The van der Waals surface area contributed by atoms with Gasteiger partial charge in [-0.1, -0.05) is 83.4 Å². The van der Waals surface area contributed by atoms with E-state index in [-0.39, 0.29) is 0 Å². The summed E-state index contributed by atoms with van der Waals surface area (Å²) in [5.41, 5.74) is 3.03. The van der Waals surface area contributed by atoms with Crippen molar-refractivity contribution >= 4 is 0 Å². The van der Waals surface area contributed by atoms with Crippen LogP contribution in [0.5, 0.6) is 0 Å².